The standard InChI is InChI=1S/C23H19FN2O4S/c1-29-20-13-12-17(15-19(20)24)22-23(26-31(27,28)18-10-6-3-7-11-18)25-21(30-22)14-16-8-4-2-5-9-16/h2-13,15,26H,14H2,1H3. The van der Waals surface area contributed by atoms with Crippen molar-refractivity contribution in [3.05, 3.63) is 96.1 Å². The summed E-state index contributed by atoms with van der Waals surface area (Å²) in [7, 11) is -2.55. The number of hydrogen-bond acceptors (Lipinski definition) is 5. The van der Waals surface area contributed by atoms with Crippen LogP contribution < -0.4 is 9.46 Å². The van der Waals surface area contributed by atoms with Crippen molar-refractivity contribution in [3.8, 4) is 17.1 Å². The minimum absolute atomic E-state index is 0.0145. The number of ether oxygens (including phenoxy) is 1. The van der Waals surface area contributed by atoms with E-state index in [2.05, 4.69) is 9.71 Å². The number of benzene rings is 3. The summed E-state index contributed by atoms with van der Waals surface area (Å²) in [6.45, 7) is 0. The molecular formula is C23H19FN2O4S. The van der Waals surface area contributed by atoms with Gasteiger partial charge in [-0.15, -0.1) is 0 Å². The van der Waals surface area contributed by atoms with E-state index in [-0.39, 0.29) is 22.2 Å². The van der Waals surface area contributed by atoms with Gasteiger partial charge in [-0.25, -0.2) is 12.8 Å². The fourth-order valence-corrected chi connectivity index (χ4v) is 4.09. The fourth-order valence-electron chi connectivity index (χ4n) is 3.07. The van der Waals surface area contributed by atoms with Crippen molar-refractivity contribution in [2.75, 3.05) is 11.8 Å². The summed E-state index contributed by atoms with van der Waals surface area (Å²) in [5, 5.41) is 0. The van der Waals surface area contributed by atoms with E-state index in [4.69, 9.17) is 9.15 Å². The lowest BCUT2D eigenvalue weighted by atomic mass is 10.1. The molecule has 0 radical (unpaired) electrons. The number of anilines is 1. The molecule has 0 amide bonds. The van der Waals surface area contributed by atoms with Crippen molar-refractivity contribution < 1.29 is 22.0 Å². The lowest BCUT2D eigenvalue weighted by molar-refractivity contribution is 0.386. The Morgan fingerprint density at radius 2 is 1.68 bits per heavy atom. The Morgan fingerprint density at radius 3 is 2.32 bits per heavy atom. The highest BCUT2D eigenvalue weighted by Crippen LogP contribution is 2.33. The molecule has 31 heavy (non-hydrogen) atoms. The number of hydrogen-bond donors (Lipinski definition) is 1. The minimum Gasteiger partial charge on any atom is -0.494 e. The van der Waals surface area contributed by atoms with Crippen LogP contribution in [0, 0.1) is 5.82 Å². The molecule has 0 saturated carbocycles. The van der Waals surface area contributed by atoms with Crippen molar-refractivity contribution in [2.45, 2.75) is 11.3 Å². The number of rotatable bonds is 7. The van der Waals surface area contributed by atoms with Crippen LogP contribution in [-0.2, 0) is 16.4 Å². The molecule has 1 aromatic heterocycles. The van der Waals surface area contributed by atoms with Crippen molar-refractivity contribution >= 4 is 15.8 Å². The Labute approximate surface area is 179 Å². The van der Waals surface area contributed by atoms with Crippen molar-refractivity contribution in [3.63, 3.8) is 0 Å². The van der Waals surface area contributed by atoms with Gasteiger partial charge in [0.1, 0.15) is 0 Å². The molecule has 1 heterocycles. The van der Waals surface area contributed by atoms with Gasteiger partial charge >= 0.3 is 0 Å². The zero-order valence-corrected chi connectivity index (χ0v) is 17.4. The third-order valence-corrected chi connectivity index (χ3v) is 5.92. The highest BCUT2D eigenvalue weighted by molar-refractivity contribution is 7.92. The molecule has 0 saturated heterocycles. The maximum Gasteiger partial charge on any atom is 0.263 e. The smallest absolute Gasteiger partial charge is 0.263 e. The number of halogens is 1. The molecule has 0 atom stereocenters. The van der Waals surface area contributed by atoms with Gasteiger partial charge in [-0.1, -0.05) is 48.5 Å². The Kier molecular flexibility index (Phi) is 5.73. The molecular weight excluding hydrogens is 419 g/mol. The van der Waals surface area contributed by atoms with E-state index in [1.54, 1.807) is 24.3 Å². The first-order chi connectivity index (χ1) is 15.0. The average molecular weight is 438 g/mol. The molecule has 0 unspecified atom stereocenters. The van der Waals surface area contributed by atoms with Crippen LogP contribution in [0.4, 0.5) is 10.2 Å². The molecule has 8 heteroatoms. The lowest BCUT2D eigenvalue weighted by Crippen LogP contribution is -2.13. The molecule has 0 fully saturated rings. The summed E-state index contributed by atoms with van der Waals surface area (Å²) in [6.07, 6.45) is 0.347. The number of nitrogens with one attached hydrogen (secondary N) is 1. The monoisotopic (exact) mass is 438 g/mol. The Bertz CT molecular complexity index is 1290. The Hall–Kier alpha value is -3.65. The summed E-state index contributed by atoms with van der Waals surface area (Å²) in [6, 6.07) is 21.6. The van der Waals surface area contributed by atoms with Crippen LogP contribution in [0.15, 0.2) is 88.2 Å². The zero-order valence-electron chi connectivity index (χ0n) is 16.6. The zero-order chi connectivity index (χ0) is 21.8. The van der Waals surface area contributed by atoms with E-state index in [9.17, 15) is 12.8 Å². The van der Waals surface area contributed by atoms with Gasteiger partial charge in [0, 0.05) is 12.0 Å². The maximum absolute atomic E-state index is 14.3. The topological polar surface area (TPSA) is 81.4 Å². The Morgan fingerprint density at radius 1 is 1.00 bits per heavy atom. The third kappa shape index (κ3) is 4.59. The summed E-state index contributed by atoms with van der Waals surface area (Å²) in [5.41, 5.74) is 1.27. The quantitative estimate of drug-likeness (QED) is 0.445. The van der Waals surface area contributed by atoms with Gasteiger partial charge in [-0.05, 0) is 35.9 Å². The average Bonchev–Trinajstić information content (AvgIpc) is 3.16. The summed E-state index contributed by atoms with van der Waals surface area (Å²) >= 11 is 0. The highest BCUT2D eigenvalue weighted by Gasteiger charge is 2.23. The molecule has 0 aliphatic rings. The largest absolute Gasteiger partial charge is 0.494 e. The fraction of sp³-hybridized carbons (Fsp3) is 0.0870. The SMILES string of the molecule is COc1ccc(-c2oc(Cc3ccccc3)nc2NS(=O)(=O)c2ccccc2)cc1F. The maximum atomic E-state index is 14.3. The summed E-state index contributed by atoms with van der Waals surface area (Å²) in [4.78, 5) is 4.43. The van der Waals surface area contributed by atoms with Gasteiger partial charge in [0.25, 0.3) is 10.0 Å². The molecule has 0 aliphatic heterocycles. The minimum atomic E-state index is -3.92. The molecule has 0 bridgehead atoms. The number of methoxy groups -OCH3 is 1. The van der Waals surface area contributed by atoms with Gasteiger partial charge in [0.2, 0.25) is 5.89 Å². The second-order valence-electron chi connectivity index (χ2n) is 6.72. The molecule has 4 aromatic rings. The number of oxazole rings is 1. The molecule has 4 rings (SSSR count). The van der Waals surface area contributed by atoms with Crippen molar-refractivity contribution in [1.82, 2.24) is 4.98 Å². The van der Waals surface area contributed by atoms with Crippen LogP contribution in [0.2, 0.25) is 0 Å². The van der Waals surface area contributed by atoms with Crippen LogP contribution in [0.1, 0.15) is 11.5 Å². The van der Waals surface area contributed by atoms with E-state index in [1.807, 2.05) is 30.3 Å². The first kappa shape index (κ1) is 20.6. The van der Waals surface area contributed by atoms with Crippen LogP contribution in [-0.4, -0.2) is 20.5 Å². The van der Waals surface area contributed by atoms with Gasteiger partial charge in [0.05, 0.1) is 12.0 Å². The molecule has 0 spiro atoms. The van der Waals surface area contributed by atoms with E-state index < -0.39 is 15.8 Å². The first-order valence-corrected chi connectivity index (χ1v) is 10.9. The van der Waals surface area contributed by atoms with Crippen LogP contribution in [0.5, 0.6) is 5.75 Å². The normalized spacial score (nSPS) is 11.3. The molecule has 1 N–H and O–H groups in total. The number of nitrogens with zero attached hydrogens (tertiary/aromatic N) is 1. The third-order valence-electron chi connectivity index (χ3n) is 4.57. The van der Waals surface area contributed by atoms with E-state index in [1.165, 1.54) is 31.4 Å². The van der Waals surface area contributed by atoms with Crippen LogP contribution in [0.3, 0.4) is 0 Å². The number of sulfonamides is 1. The van der Waals surface area contributed by atoms with Gasteiger partial charge < -0.3 is 9.15 Å². The predicted molar refractivity (Wildman–Crippen MR) is 115 cm³/mol. The van der Waals surface area contributed by atoms with E-state index >= 15 is 0 Å². The summed E-state index contributed by atoms with van der Waals surface area (Å²) < 4.78 is 53.3. The van der Waals surface area contributed by atoms with Gasteiger partial charge in [-0.2, -0.15) is 4.98 Å². The van der Waals surface area contributed by atoms with Crippen LogP contribution in [0.25, 0.3) is 11.3 Å². The van der Waals surface area contributed by atoms with Crippen molar-refractivity contribution in [1.29, 1.82) is 0 Å². The lowest BCUT2D eigenvalue weighted by Gasteiger charge is -2.08. The van der Waals surface area contributed by atoms with Gasteiger partial charge in [0.15, 0.2) is 23.1 Å². The first-order valence-electron chi connectivity index (χ1n) is 9.41. The van der Waals surface area contributed by atoms with Crippen LogP contribution >= 0.6 is 0 Å². The highest BCUT2D eigenvalue weighted by atomic mass is 32.2. The van der Waals surface area contributed by atoms with Crippen molar-refractivity contribution in [2.24, 2.45) is 0 Å². The molecule has 6 nitrogen and oxygen atoms in total. The second kappa shape index (κ2) is 8.61. The Balaban J connectivity index is 1.76. The second-order valence-corrected chi connectivity index (χ2v) is 8.40. The predicted octanol–water partition coefficient (Wildman–Crippen LogP) is 4.88. The van der Waals surface area contributed by atoms with Gasteiger partial charge in [-0.3, -0.25) is 4.72 Å². The summed E-state index contributed by atoms with van der Waals surface area (Å²) in [5.74, 6) is -0.133. The molecule has 158 valence electrons. The number of aromatic nitrogens is 1. The molecule has 3 aromatic carbocycles. The molecule has 0 aliphatic carbocycles. The van der Waals surface area contributed by atoms with E-state index in [0.717, 1.165) is 5.56 Å². The van der Waals surface area contributed by atoms with E-state index in [0.29, 0.717) is 17.9 Å².